The highest BCUT2D eigenvalue weighted by molar-refractivity contribution is 6.32. The Morgan fingerprint density at radius 2 is 2.42 bits per heavy atom. The highest BCUT2D eigenvalue weighted by Gasteiger charge is 2.22. The third-order valence-corrected chi connectivity index (χ3v) is 3.54. The van der Waals surface area contributed by atoms with Crippen LogP contribution < -0.4 is 10.2 Å². The van der Waals surface area contributed by atoms with E-state index in [1.807, 2.05) is 0 Å². The van der Waals surface area contributed by atoms with E-state index in [9.17, 15) is 0 Å². The molecule has 2 heterocycles. The predicted octanol–water partition coefficient (Wildman–Crippen LogP) is 2.57. The van der Waals surface area contributed by atoms with Crippen molar-refractivity contribution in [2.75, 3.05) is 37.0 Å². The van der Waals surface area contributed by atoms with Crippen molar-refractivity contribution in [3.63, 3.8) is 0 Å². The lowest BCUT2D eigenvalue weighted by Gasteiger charge is -2.33. The fourth-order valence-electron chi connectivity index (χ4n) is 2.22. The molecule has 0 spiro atoms. The van der Waals surface area contributed by atoms with Gasteiger partial charge in [0, 0.05) is 26.7 Å². The van der Waals surface area contributed by atoms with Crippen LogP contribution in [0.3, 0.4) is 0 Å². The van der Waals surface area contributed by atoms with Crippen LogP contribution in [0.25, 0.3) is 0 Å². The second-order valence-corrected chi connectivity index (χ2v) is 5.15. The Labute approximate surface area is 119 Å². The zero-order valence-corrected chi connectivity index (χ0v) is 12.3. The lowest BCUT2D eigenvalue weighted by atomic mass is 10.1. The first-order valence-corrected chi connectivity index (χ1v) is 7.16. The molecule has 1 saturated heterocycles. The van der Waals surface area contributed by atoms with Gasteiger partial charge in [0.2, 0.25) is 5.95 Å². The molecule has 1 aliphatic rings. The summed E-state index contributed by atoms with van der Waals surface area (Å²) in [6, 6.07) is 0. The average molecular weight is 285 g/mol. The van der Waals surface area contributed by atoms with Crippen molar-refractivity contribution in [1.29, 1.82) is 0 Å². The maximum atomic E-state index is 6.22. The van der Waals surface area contributed by atoms with Crippen LogP contribution in [0.2, 0.25) is 5.02 Å². The summed E-state index contributed by atoms with van der Waals surface area (Å²) < 4.78 is 5.43. The summed E-state index contributed by atoms with van der Waals surface area (Å²) in [5.41, 5.74) is 0. The summed E-state index contributed by atoms with van der Waals surface area (Å²) in [5.74, 6) is 1.44. The minimum absolute atomic E-state index is 0.256. The second-order valence-electron chi connectivity index (χ2n) is 4.74. The number of nitrogens with zero attached hydrogens (tertiary/aromatic N) is 3. The smallest absolute Gasteiger partial charge is 0.224 e. The van der Waals surface area contributed by atoms with Crippen molar-refractivity contribution in [2.24, 2.45) is 0 Å². The van der Waals surface area contributed by atoms with Gasteiger partial charge >= 0.3 is 0 Å². The summed E-state index contributed by atoms with van der Waals surface area (Å²) in [4.78, 5) is 10.9. The molecule has 1 aliphatic heterocycles. The fraction of sp³-hybridized carbons (Fsp3) is 0.692. The van der Waals surface area contributed by atoms with E-state index in [0.29, 0.717) is 11.0 Å². The minimum atomic E-state index is 0.256. The third-order valence-electron chi connectivity index (χ3n) is 3.27. The van der Waals surface area contributed by atoms with Gasteiger partial charge in [-0.15, -0.1) is 0 Å². The lowest BCUT2D eigenvalue weighted by Crippen LogP contribution is -2.40. The largest absolute Gasteiger partial charge is 0.380 e. The summed E-state index contributed by atoms with van der Waals surface area (Å²) in [7, 11) is 1.75. The molecule has 5 nitrogen and oxygen atoms in total. The molecule has 106 valence electrons. The van der Waals surface area contributed by atoms with Crippen LogP contribution in [0, 0.1) is 0 Å². The van der Waals surface area contributed by atoms with Crippen LogP contribution >= 0.6 is 11.6 Å². The fourth-order valence-corrected chi connectivity index (χ4v) is 2.44. The van der Waals surface area contributed by atoms with Gasteiger partial charge in [0.25, 0.3) is 0 Å². The van der Waals surface area contributed by atoms with Crippen LogP contribution in [0.4, 0.5) is 11.8 Å². The highest BCUT2D eigenvalue weighted by atomic mass is 35.5. The maximum absolute atomic E-state index is 6.22. The zero-order chi connectivity index (χ0) is 13.7. The van der Waals surface area contributed by atoms with E-state index in [-0.39, 0.29) is 6.10 Å². The van der Waals surface area contributed by atoms with Crippen molar-refractivity contribution < 1.29 is 4.74 Å². The average Bonchev–Trinajstić information content (AvgIpc) is 2.46. The van der Waals surface area contributed by atoms with Crippen molar-refractivity contribution in [3.8, 4) is 0 Å². The van der Waals surface area contributed by atoms with Crippen molar-refractivity contribution in [3.05, 3.63) is 11.2 Å². The number of hydrogen-bond acceptors (Lipinski definition) is 5. The molecular formula is C13H21ClN4O. The molecule has 1 aromatic heterocycles. The highest BCUT2D eigenvalue weighted by Crippen LogP contribution is 2.27. The van der Waals surface area contributed by atoms with Gasteiger partial charge in [0.15, 0.2) is 5.82 Å². The first-order chi connectivity index (χ1) is 9.24. The Hall–Kier alpha value is -1.07. The SMILES string of the molecule is CCCNc1ncc(Cl)c(N2CCCC(OC)C2)n1. The van der Waals surface area contributed by atoms with E-state index >= 15 is 0 Å². The monoisotopic (exact) mass is 284 g/mol. The van der Waals surface area contributed by atoms with E-state index in [4.69, 9.17) is 16.3 Å². The second kappa shape index (κ2) is 6.91. The topological polar surface area (TPSA) is 50.3 Å². The van der Waals surface area contributed by atoms with Gasteiger partial charge in [-0.25, -0.2) is 4.98 Å². The van der Waals surface area contributed by atoms with E-state index in [0.717, 1.165) is 44.7 Å². The first-order valence-electron chi connectivity index (χ1n) is 6.78. The van der Waals surface area contributed by atoms with Crippen LogP contribution in [0.1, 0.15) is 26.2 Å². The molecule has 6 heteroatoms. The molecule has 0 radical (unpaired) electrons. The van der Waals surface area contributed by atoms with Gasteiger partial charge in [-0.1, -0.05) is 18.5 Å². The Balaban J connectivity index is 2.13. The zero-order valence-electron chi connectivity index (χ0n) is 11.5. The molecule has 0 bridgehead atoms. The molecule has 0 amide bonds. The normalized spacial score (nSPS) is 19.5. The number of halogens is 1. The minimum Gasteiger partial charge on any atom is -0.380 e. The number of aromatic nitrogens is 2. The Morgan fingerprint density at radius 3 is 3.16 bits per heavy atom. The molecule has 1 atom stereocenters. The number of piperidine rings is 1. The van der Waals surface area contributed by atoms with Crippen molar-refractivity contribution in [1.82, 2.24) is 9.97 Å². The summed E-state index contributed by atoms with van der Waals surface area (Å²) >= 11 is 6.22. The summed E-state index contributed by atoms with van der Waals surface area (Å²) in [5, 5.41) is 3.78. The molecular weight excluding hydrogens is 264 g/mol. The van der Waals surface area contributed by atoms with Gasteiger partial charge in [-0.3, -0.25) is 0 Å². The Bertz CT molecular complexity index is 416. The van der Waals surface area contributed by atoms with Crippen LogP contribution in [0.15, 0.2) is 6.20 Å². The van der Waals surface area contributed by atoms with Gasteiger partial charge in [0.05, 0.1) is 12.3 Å². The number of hydrogen-bond donors (Lipinski definition) is 1. The maximum Gasteiger partial charge on any atom is 0.224 e. The van der Waals surface area contributed by atoms with Gasteiger partial charge in [-0.05, 0) is 19.3 Å². The van der Waals surface area contributed by atoms with Crippen LogP contribution in [0.5, 0.6) is 0 Å². The predicted molar refractivity (Wildman–Crippen MR) is 78.1 cm³/mol. The van der Waals surface area contributed by atoms with E-state index in [1.54, 1.807) is 13.3 Å². The Morgan fingerprint density at radius 1 is 1.58 bits per heavy atom. The van der Waals surface area contributed by atoms with Crippen LogP contribution in [-0.4, -0.2) is 42.8 Å². The van der Waals surface area contributed by atoms with Gasteiger partial charge in [-0.2, -0.15) is 4.98 Å². The number of nitrogens with one attached hydrogen (secondary N) is 1. The number of rotatable bonds is 5. The van der Waals surface area contributed by atoms with E-state index < -0.39 is 0 Å². The molecule has 2 rings (SSSR count). The molecule has 0 aromatic carbocycles. The molecule has 1 aromatic rings. The molecule has 1 fully saturated rings. The molecule has 0 aliphatic carbocycles. The van der Waals surface area contributed by atoms with Gasteiger partial charge < -0.3 is 15.0 Å². The van der Waals surface area contributed by atoms with E-state index in [1.165, 1.54) is 0 Å². The lowest BCUT2D eigenvalue weighted by molar-refractivity contribution is 0.0891. The third kappa shape index (κ3) is 3.70. The van der Waals surface area contributed by atoms with Gasteiger partial charge in [0.1, 0.15) is 5.02 Å². The van der Waals surface area contributed by atoms with Crippen LogP contribution in [-0.2, 0) is 4.74 Å². The number of ether oxygens (including phenoxy) is 1. The molecule has 1 N–H and O–H groups in total. The standard InChI is InChI=1S/C13H21ClN4O/c1-3-6-15-13-16-8-11(14)12(17-13)18-7-4-5-10(9-18)19-2/h8,10H,3-7,9H2,1-2H3,(H,15,16,17). The van der Waals surface area contributed by atoms with E-state index in [2.05, 4.69) is 27.1 Å². The first kappa shape index (κ1) is 14.3. The summed E-state index contributed by atoms with van der Waals surface area (Å²) in [6.07, 6.45) is 5.15. The molecule has 0 saturated carbocycles. The molecule has 19 heavy (non-hydrogen) atoms. The number of anilines is 2. The number of methoxy groups -OCH3 is 1. The Kier molecular flexibility index (Phi) is 5.22. The summed E-state index contributed by atoms with van der Waals surface area (Å²) in [6.45, 7) is 4.77. The molecule has 1 unspecified atom stereocenters. The van der Waals surface area contributed by atoms with Crippen molar-refractivity contribution >= 4 is 23.4 Å². The quantitative estimate of drug-likeness (QED) is 0.900. The van der Waals surface area contributed by atoms with Crippen molar-refractivity contribution in [2.45, 2.75) is 32.3 Å².